The number of ketones is 1. The molecule has 2 aromatic carbocycles. The third kappa shape index (κ3) is 2.67. The van der Waals surface area contributed by atoms with Gasteiger partial charge in [-0.05, 0) is 17.7 Å². The van der Waals surface area contributed by atoms with Crippen molar-refractivity contribution in [3.05, 3.63) is 69.9 Å². The Hall–Kier alpha value is -1.48. The third-order valence-corrected chi connectivity index (χ3v) is 3.57. The molecule has 0 radical (unpaired) electrons. The fourth-order valence-electron chi connectivity index (χ4n) is 1.85. The molecule has 0 saturated carbocycles. The van der Waals surface area contributed by atoms with E-state index in [9.17, 15) is 9.18 Å². The fraction of sp³-hybridized carbons (Fsp3) is 0.133. The molecular weight excluding hydrogens is 295 g/mol. The van der Waals surface area contributed by atoms with Gasteiger partial charge in [-0.2, -0.15) is 0 Å². The van der Waals surface area contributed by atoms with Crippen LogP contribution in [0, 0.1) is 5.82 Å². The zero-order valence-corrected chi connectivity index (χ0v) is 11.4. The predicted octanol–water partition coefficient (Wildman–Crippen LogP) is 4.57. The summed E-state index contributed by atoms with van der Waals surface area (Å²) >= 11 is 3.30. The molecule has 2 aromatic rings. The Morgan fingerprint density at radius 2 is 1.83 bits per heavy atom. The van der Waals surface area contributed by atoms with Gasteiger partial charge in [0.15, 0.2) is 5.78 Å². The summed E-state index contributed by atoms with van der Waals surface area (Å²) in [6, 6.07) is 13.5. The standard InChI is InChI=1S/C15H12BrFO/c1-10(13-8-7-12(17)9-14(13)16)15(18)11-5-3-2-4-6-11/h2-10H,1H3. The third-order valence-electron chi connectivity index (χ3n) is 2.88. The fourth-order valence-corrected chi connectivity index (χ4v) is 2.54. The van der Waals surface area contributed by atoms with Crippen LogP contribution in [0.15, 0.2) is 53.0 Å². The van der Waals surface area contributed by atoms with E-state index in [1.165, 1.54) is 12.1 Å². The number of carbonyl (C=O) groups is 1. The van der Waals surface area contributed by atoms with Gasteiger partial charge in [-0.15, -0.1) is 0 Å². The van der Waals surface area contributed by atoms with Gasteiger partial charge in [-0.1, -0.05) is 59.3 Å². The van der Waals surface area contributed by atoms with Gasteiger partial charge in [0.05, 0.1) is 0 Å². The van der Waals surface area contributed by atoms with Crippen LogP contribution in [-0.2, 0) is 0 Å². The van der Waals surface area contributed by atoms with Crippen molar-refractivity contribution in [2.75, 3.05) is 0 Å². The zero-order valence-electron chi connectivity index (χ0n) is 9.86. The van der Waals surface area contributed by atoms with Crippen molar-refractivity contribution in [1.82, 2.24) is 0 Å². The van der Waals surface area contributed by atoms with Crippen molar-refractivity contribution >= 4 is 21.7 Å². The molecule has 0 amide bonds. The average molecular weight is 307 g/mol. The highest BCUT2D eigenvalue weighted by Gasteiger charge is 2.19. The Morgan fingerprint density at radius 1 is 1.17 bits per heavy atom. The highest BCUT2D eigenvalue weighted by atomic mass is 79.9. The van der Waals surface area contributed by atoms with Crippen LogP contribution in [0.5, 0.6) is 0 Å². The second-order valence-electron chi connectivity index (χ2n) is 4.12. The SMILES string of the molecule is CC(C(=O)c1ccccc1)c1ccc(F)cc1Br. The lowest BCUT2D eigenvalue weighted by molar-refractivity contribution is 0.0966. The summed E-state index contributed by atoms with van der Waals surface area (Å²) in [5.41, 5.74) is 1.46. The summed E-state index contributed by atoms with van der Waals surface area (Å²) in [6.45, 7) is 1.83. The van der Waals surface area contributed by atoms with Crippen LogP contribution >= 0.6 is 15.9 Å². The maximum atomic E-state index is 13.0. The number of halogens is 2. The molecule has 0 aliphatic rings. The monoisotopic (exact) mass is 306 g/mol. The quantitative estimate of drug-likeness (QED) is 0.759. The summed E-state index contributed by atoms with van der Waals surface area (Å²) in [6.07, 6.45) is 0. The van der Waals surface area contributed by atoms with Crippen molar-refractivity contribution in [3.8, 4) is 0 Å². The summed E-state index contributed by atoms with van der Waals surface area (Å²) in [5.74, 6) is -0.588. The van der Waals surface area contributed by atoms with Crippen LogP contribution in [0.1, 0.15) is 28.8 Å². The minimum Gasteiger partial charge on any atom is -0.294 e. The second kappa shape index (κ2) is 5.44. The van der Waals surface area contributed by atoms with Crippen molar-refractivity contribution in [1.29, 1.82) is 0 Å². The summed E-state index contributed by atoms with van der Waals surface area (Å²) in [7, 11) is 0. The molecule has 0 fully saturated rings. The van der Waals surface area contributed by atoms with Crippen LogP contribution in [0.3, 0.4) is 0 Å². The Labute approximate surface area is 114 Å². The van der Waals surface area contributed by atoms with E-state index in [2.05, 4.69) is 15.9 Å². The van der Waals surface area contributed by atoms with Gasteiger partial charge >= 0.3 is 0 Å². The number of carbonyl (C=O) groups excluding carboxylic acids is 1. The molecule has 0 aliphatic carbocycles. The molecule has 0 N–H and O–H groups in total. The van der Waals surface area contributed by atoms with Crippen molar-refractivity contribution in [3.63, 3.8) is 0 Å². The van der Waals surface area contributed by atoms with Crippen LogP contribution in [0.25, 0.3) is 0 Å². The molecule has 18 heavy (non-hydrogen) atoms. The molecule has 0 bridgehead atoms. The van der Waals surface area contributed by atoms with E-state index in [0.29, 0.717) is 10.0 Å². The Morgan fingerprint density at radius 3 is 2.44 bits per heavy atom. The van der Waals surface area contributed by atoms with E-state index in [-0.39, 0.29) is 17.5 Å². The number of rotatable bonds is 3. The molecule has 1 atom stereocenters. The molecule has 1 nitrogen and oxygen atoms in total. The lowest BCUT2D eigenvalue weighted by Gasteiger charge is -2.13. The molecule has 0 spiro atoms. The first-order valence-electron chi connectivity index (χ1n) is 5.64. The molecule has 0 aromatic heterocycles. The number of benzene rings is 2. The topological polar surface area (TPSA) is 17.1 Å². The van der Waals surface area contributed by atoms with E-state index >= 15 is 0 Å². The smallest absolute Gasteiger partial charge is 0.170 e. The molecule has 92 valence electrons. The maximum absolute atomic E-state index is 13.0. The van der Waals surface area contributed by atoms with Crippen molar-refractivity contribution in [2.24, 2.45) is 0 Å². The lowest BCUT2D eigenvalue weighted by Crippen LogP contribution is -2.10. The van der Waals surface area contributed by atoms with E-state index in [1.807, 2.05) is 25.1 Å². The van der Waals surface area contributed by atoms with Gasteiger partial charge in [-0.3, -0.25) is 4.79 Å². The Bertz CT molecular complexity index is 566. The van der Waals surface area contributed by atoms with Crippen molar-refractivity contribution < 1.29 is 9.18 Å². The number of Topliss-reactive ketones (excluding diaryl/α,β-unsaturated/α-hetero) is 1. The first kappa shape index (κ1) is 13.0. The summed E-state index contributed by atoms with van der Waals surface area (Å²) in [4.78, 5) is 12.3. The van der Waals surface area contributed by atoms with Crippen LogP contribution in [0.2, 0.25) is 0 Å². The van der Waals surface area contributed by atoms with Gasteiger partial charge in [0.2, 0.25) is 0 Å². The minimum absolute atomic E-state index is 0.0305. The number of hydrogen-bond donors (Lipinski definition) is 0. The molecule has 0 heterocycles. The highest BCUT2D eigenvalue weighted by molar-refractivity contribution is 9.10. The molecule has 3 heteroatoms. The highest BCUT2D eigenvalue weighted by Crippen LogP contribution is 2.28. The second-order valence-corrected chi connectivity index (χ2v) is 4.97. The molecule has 0 saturated heterocycles. The molecule has 0 aliphatic heterocycles. The summed E-state index contributed by atoms with van der Waals surface area (Å²) in [5, 5.41) is 0. The Kier molecular flexibility index (Phi) is 3.92. The van der Waals surface area contributed by atoms with Crippen LogP contribution < -0.4 is 0 Å². The van der Waals surface area contributed by atoms with Crippen LogP contribution in [-0.4, -0.2) is 5.78 Å². The van der Waals surface area contributed by atoms with E-state index < -0.39 is 0 Å². The lowest BCUT2D eigenvalue weighted by atomic mass is 9.92. The summed E-state index contributed by atoms with van der Waals surface area (Å²) < 4.78 is 13.6. The molecule has 1 unspecified atom stereocenters. The average Bonchev–Trinajstić information content (AvgIpc) is 2.38. The Balaban J connectivity index is 2.31. The van der Waals surface area contributed by atoms with Crippen molar-refractivity contribution in [2.45, 2.75) is 12.8 Å². The number of hydrogen-bond acceptors (Lipinski definition) is 1. The van der Waals surface area contributed by atoms with Gasteiger partial charge in [0, 0.05) is 16.0 Å². The largest absolute Gasteiger partial charge is 0.294 e. The first-order chi connectivity index (χ1) is 8.59. The van der Waals surface area contributed by atoms with Gasteiger partial charge in [0.25, 0.3) is 0 Å². The van der Waals surface area contributed by atoms with E-state index in [1.54, 1.807) is 18.2 Å². The predicted molar refractivity (Wildman–Crippen MR) is 73.3 cm³/mol. The van der Waals surface area contributed by atoms with Gasteiger partial charge in [0.1, 0.15) is 5.82 Å². The van der Waals surface area contributed by atoms with Crippen LogP contribution in [0.4, 0.5) is 4.39 Å². The molecular formula is C15H12BrFO. The zero-order chi connectivity index (χ0) is 13.1. The van der Waals surface area contributed by atoms with Gasteiger partial charge in [-0.25, -0.2) is 4.39 Å². The maximum Gasteiger partial charge on any atom is 0.170 e. The van der Waals surface area contributed by atoms with E-state index in [0.717, 1.165) is 5.56 Å². The normalized spacial score (nSPS) is 12.2. The van der Waals surface area contributed by atoms with E-state index in [4.69, 9.17) is 0 Å². The molecule has 2 rings (SSSR count). The first-order valence-corrected chi connectivity index (χ1v) is 6.43. The minimum atomic E-state index is -0.315. The van der Waals surface area contributed by atoms with Gasteiger partial charge < -0.3 is 0 Å².